The molecule has 0 aliphatic heterocycles. The highest BCUT2D eigenvalue weighted by Gasteiger charge is 2.05. The number of hydrogen-bond acceptors (Lipinski definition) is 2. The van der Waals surface area contributed by atoms with Crippen LogP contribution in [0.25, 0.3) is 0 Å². The fourth-order valence-electron chi connectivity index (χ4n) is 1.49. The molecule has 1 aromatic heterocycles. The van der Waals surface area contributed by atoms with Crippen molar-refractivity contribution in [3.8, 4) is 0 Å². The molecule has 0 aliphatic carbocycles. The summed E-state index contributed by atoms with van der Waals surface area (Å²) < 4.78 is 0. The summed E-state index contributed by atoms with van der Waals surface area (Å²) in [5.74, 6) is 1.32. The van der Waals surface area contributed by atoms with E-state index in [1.165, 1.54) is 0 Å². The second-order valence-electron chi connectivity index (χ2n) is 3.78. The van der Waals surface area contributed by atoms with Crippen LogP contribution in [0.4, 0.5) is 0 Å². The lowest BCUT2D eigenvalue weighted by molar-refractivity contribution is 0.727. The third-order valence-corrected chi connectivity index (χ3v) is 2.41. The van der Waals surface area contributed by atoms with E-state index in [1.807, 2.05) is 42.7 Å². The fraction of sp³-hybridized carbons (Fsp3) is 0.231. The van der Waals surface area contributed by atoms with E-state index in [1.54, 1.807) is 6.20 Å². The quantitative estimate of drug-likeness (QED) is 0.779. The highest BCUT2D eigenvalue weighted by atomic mass is 14.9. The summed E-state index contributed by atoms with van der Waals surface area (Å²) in [6.45, 7) is 2.86. The van der Waals surface area contributed by atoms with Crippen molar-refractivity contribution in [2.45, 2.75) is 12.8 Å². The van der Waals surface area contributed by atoms with Gasteiger partial charge in [0, 0.05) is 31.1 Å². The lowest BCUT2D eigenvalue weighted by Gasteiger charge is -2.03. The first-order chi connectivity index (χ1) is 7.86. The lowest BCUT2D eigenvalue weighted by atomic mass is 10.2. The van der Waals surface area contributed by atoms with Gasteiger partial charge in [-0.25, -0.2) is 4.98 Å². The maximum absolute atomic E-state index is 4.41. The molecule has 1 heterocycles. The molecule has 2 aromatic rings. The van der Waals surface area contributed by atoms with E-state index in [-0.39, 0.29) is 0 Å². The molecule has 0 fully saturated rings. The summed E-state index contributed by atoms with van der Waals surface area (Å²) in [5.41, 5.74) is 1.13. The van der Waals surface area contributed by atoms with Gasteiger partial charge in [-0.05, 0) is 5.56 Å². The lowest BCUT2D eigenvalue weighted by Crippen LogP contribution is -2.00. The minimum Gasteiger partial charge on any atom is -0.348 e. The summed E-state index contributed by atoms with van der Waals surface area (Å²) in [5, 5.41) is 0. The van der Waals surface area contributed by atoms with Gasteiger partial charge in [0.05, 0.1) is 0 Å². The Balaban J connectivity index is 1.90. The topological polar surface area (TPSA) is 41.0 Å². The number of nitrogens with zero attached hydrogens (tertiary/aromatic N) is 2. The maximum Gasteiger partial charge on any atom is 0.110 e. The van der Waals surface area contributed by atoms with Gasteiger partial charge in [0.25, 0.3) is 0 Å². The standard InChI is InChI=1S/C13H15N3/c1-11(13-15-7-8-16-13)9-14-10-12-5-3-2-4-6-12/h2-8,10-11H,9H2,1H3,(H,15,16). The van der Waals surface area contributed by atoms with E-state index in [0.717, 1.165) is 17.9 Å². The Morgan fingerprint density at radius 1 is 1.38 bits per heavy atom. The monoisotopic (exact) mass is 213 g/mol. The van der Waals surface area contributed by atoms with Crippen molar-refractivity contribution < 1.29 is 0 Å². The molecule has 0 spiro atoms. The van der Waals surface area contributed by atoms with Crippen LogP contribution in [0.2, 0.25) is 0 Å². The van der Waals surface area contributed by atoms with Crippen molar-refractivity contribution in [1.29, 1.82) is 0 Å². The van der Waals surface area contributed by atoms with Crippen LogP contribution in [0.15, 0.2) is 47.7 Å². The molecule has 1 N–H and O–H groups in total. The van der Waals surface area contributed by atoms with Crippen LogP contribution >= 0.6 is 0 Å². The molecule has 1 atom stereocenters. The second-order valence-corrected chi connectivity index (χ2v) is 3.78. The summed E-state index contributed by atoms with van der Waals surface area (Å²) >= 11 is 0. The minimum atomic E-state index is 0.329. The Hall–Kier alpha value is -1.90. The smallest absolute Gasteiger partial charge is 0.110 e. The molecule has 0 saturated heterocycles. The van der Waals surface area contributed by atoms with Crippen molar-refractivity contribution in [3.63, 3.8) is 0 Å². The molecule has 1 unspecified atom stereocenters. The molecule has 16 heavy (non-hydrogen) atoms. The molecule has 2 rings (SSSR count). The Labute approximate surface area is 95.3 Å². The van der Waals surface area contributed by atoms with Crippen LogP contribution in [-0.2, 0) is 0 Å². The van der Waals surface area contributed by atoms with Crippen LogP contribution in [-0.4, -0.2) is 22.7 Å². The Morgan fingerprint density at radius 2 is 2.19 bits per heavy atom. The highest BCUT2D eigenvalue weighted by molar-refractivity contribution is 5.79. The Kier molecular flexibility index (Phi) is 3.49. The average molecular weight is 213 g/mol. The van der Waals surface area contributed by atoms with E-state index >= 15 is 0 Å². The molecule has 0 aliphatic rings. The molecule has 0 saturated carbocycles. The SMILES string of the molecule is CC(CN=Cc1ccccc1)c1ncc[nH]1. The van der Waals surface area contributed by atoms with Gasteiger partial charge in [-0.1, -0.05) is 37.3 Å². The number of aliphatic imine (C=N–C) groups is 1. The zero-order valence-electron chi connectivity index (χ0n) is 9.30. The fourth-order valence-corrected chi connectivity index (χ4v) is 1.49. The van der Waals surface area contributed by atoms with Gasteiger partial charge in [-0.2, -0.15) is 0 Å². The summed E-state index contributed by atoms with van der Waals surface area (Å²) in [4.78, 5) is 11.7. The highest BCUT2D eigenvalue weighted by Crippen LogP contribution is 2.09. The van der Waals surface area contributed by atoms with Crippen molar-refractivity contribution in [2.75, 3.05) is 6.54 Å². The summed E-state index contributed by atoms with van der Waals surface area (Å²) in [6, 6.07) is 10.1. The molecule has 0 amide bonds. The average Bonchev–Trinajstić information content (AvgIpc) is 2.84. The molecule has 3 heteroatoms. The largest absolute Gasteiger partial charge is 0.348 e. The van der Waals surface area contributed by atoms with Gasteiger partial charge in [0.2, 0.25) is 0 Å². The second kappa shape index (κ2) is 5.26. The number of benzene rings is 1. The normalized spacial score (nSPS) is 13.1. The number of aromatic amines is 1. The predicted octanol–water partition coefficient (Wildman–Crippen LogP) is 2.63. The number of H-pyrrole nitrogens is 1. The van der Waals surface area contributed by atoms with E-state index in [2.05, 4.69) is 21.9 Å². The van der Waals surface area contributed by atoms with Crippen molar-refractivity contribution in [1.82, 2.24) is 9.97 Å². The van der Waals surface area contributed by atoms with Gasteiger partial charge in [0.15, 0.2) is 0 Å². The molecule has 0 radical (unpaired) electrons. The molecule has 1 aromatic carbocycles. The molecular weight excluding hydrogens is 198 g/mol. The first-order valence-electron chi connectivity index (χ1n) is 5.40. The van der Waals surface area contributed by atoms with Gasteiger partial charge >= 0.3 is 0 Å². The van der Waals surface area contributed by atoms with E-state index in [4.69, 9.17) is 0 Å². The van der Waals surface area contributed by atoms with Crippen LogP contribution < -0.4 is 0 Å². The number of aromatic nitrogens is 2. The van der Waals surface area contributed by atoms with Gasteiger partial charge in [-0.15, -0.1) is 0 Å². The minimum absolute atomic E-state index is 0.329. The summed E-state index contributed by atoms with van der Waals surface area (Å²) in [7, 11) is 0. The van der Waals surface area contributed by atoms with Crippen LogP contribution in [0, 0.1) is 0 Å². The summed E-state index contributed by atoms with van der Waals surface area (Å²) in [6.07, 6.45) is 5.51. The third-order valence-electron chi connectivity index (χ3n) is 2.41. The van der Waals surface area contributed by atoms with Crippen LogP contribution in [0.1, 0.15) is 24.2 Å². The Morgan fingerprint density at radius 3 is 2.88 bits per heavy atom. The number of rotatable bonds is 4. The first-order valence-corrected chi connectivity index (χ1v) is 5.40. The molecule has 3 nitrogen and oxygen atoms in total. The van der Waals surface area contributed by atoms with Crippen molar-refractivity contribution >= 4 is 6.21 Å². The molecular formula is C13H15N3. The maximum atomic E-state index is 4.41. The third kappa shape index (κ3) is 2.79. The van der Waals surface area contributed by atoms with E-state index in [0.29, 0.717) is 5.92 Å². The number of hydrogen-bond donors (Lipinski definition) is 1. The number of imidazole rings is 1. The molecule has 0 bridgehead atoms. The zero-order chi connectivity index (χ0) is 11.2. The molecule has 82 valence electrons. The van der Waals surface area contributed by atoms with Crippen molar-refractivity contribution in [3.05, 3.63) is 54.1 Å². The van der Waals surface area contributed by atoms with E-state index in [9.17, 15) is 0 Å². The van der Waals surface area contributed by atoms with Gasteiger partial charge in [0.1, 0.15) is 5.82 Å². The van der Waals surface area contributed by atoms with Crippen LogP contribution in [0.3, 0.4) is 0 Å². The van der Waals surface area contributed by atoms with Crippen molar-refractivity contribution in [2.24, 2.45) is 4.99 Å². The van der Waals surface area contributed by atoms with Gasteiger partial charge < -0.3 is 4.98 Å². The Bertz CT molecular complexity index is 431. The van der Waals surface area contributed by atoms with E-state index < -0.39 is 0 Å². The van der Waals surface area contributed by atoms with Gasteiger partial charge in [-0.3, -0.25) is 4.99 Å². The predicted molar refractivity (Wildman–Crippen MR) is 65.9 cm³/mol. The number of nitrogens with one attached hydrogen (secondary N) is 1. The zero-order valence-corrected chi connectivity index (χ0v) is 9.30. The first kappa shape index (κ1) is 10.6. The van der Waals surface area contributed by atoms with Crippen LogP contribution in [0.5, 0.6) is 0 Å².